The van der Waals surface area contributed by atoms with Gasteiger partial charge in [0.15, 0.2) is 0 Å². The summed E-state index contributed by atoms with van der Waals surface area (Å²) in [5.41, 5.74) is 4.73. The molecule has 1 aromatic rings. The Labute approximate surface area is 109 Å². The Morgan fingerprint density at radius 1 is 1.42 bits per heavy atom. The van der Waals surface area contributed by atoms with Gasteiger partial charge in [-0.25, -0.2) is 0 Å². The van der Waals surface area contributed by atoms with Gasteiger partial charge >= 0.3 is 6.18 Å². The first-order valence-corrected chi connectivity index (χ1v) is 6.10. The molecule has 1 aliphatic carbocycles. The van der Waals surface area contributed by atoms with Crippen LogP contribution in [0.1, 0.15) is 28.8 Å². The lowest BCUT2D eigenvalue weighted by molar-refractivity contribution is -0.137. The van der Waals surface area contributed by atoms with Crippen molar-refractivity contribution in [3.63, 3.8) is 0 Å². The molecule has 1 saturated carbocycles. The lowest BCUT2D eigenvalue weighted by atomic mass is 10.1. The van der Waals surface area contributed by atoms with Crippen molar-refractivity contribution in [2.45, 2.75) is 25.1 Å². The molecule has 3 N–H and O–H groups in total. The standard InChI is InChI=1S/C13H15F3N2O/c14-13(15,16)10-3-1-2-9(6-10)12(19)18-11(7-17)8-4-5-8/h1-3,6,8,11H,4-5,7,17H2,(H,18,19). The highest BCUT2D eigenvalue weighted by atomic mass is 19.4. The number of nitrogens with one attached hydrogen (secondary N) is 1. The molecule has 1 amide bonds. The molecule has 19 heavy (non-hydrogen) atoms. The molecule has 3 nitrogen and oxygen atoms in total. The van der Waals surface area contributed by atoms with Crippen molar-refractivity contribution in [1.29, 1.82) is 0 Å². The van der Waals surface area contributed by atoms with Gasteiger partial charge in [-0.05, 0) is 37.0 Å². The second-order valence-electron chi connectivity index (χ2n) is 4.73. The summed E-state index contributed by atoms with van der Waals surface area (Å²) in [5.74, 6) is -0.145. The fourth-order valence-electron chi connectivity index (χ4n) is 1.96. The molecule has 0 saturated heterocycles. The summed E-state index contributed by atoms with van der Waals surface area (Å²) < 4.78 is 37.6. The van der Waals surface area contributed by atoms with Crippen molar-refractivity contribution in [2.24, 2.45) is 11.7 Å². The summed E-state index contributed by atoms with van der Waals surface area (Å²) in [7, 11) is 0. The van der Waals surface area contributed by atoms with Gasteiger partial charge in [-0.15, -0.1) is 0 Å². The first kappa shape index (κ1) is 13.9. The van der Waals surface area contributed by atoms with E-state index in [4.69, 9.17) is 5.73 Å². The average molecular weight is 272 g/mol. The van der Waals surface area contributed by atoms with Crippen molar-refractivity contribution < 1.29 is 18.0 Å². The molecule has 0 aromatic heterocycles. The van der Waals surface area contributed by atoms with E-state index >= 15 is 0 Å². The largest absolute Gasteiger partial charge is 0.416 e. The van der Waals surface area contributed by atoms with E-state index in [1.54, 1.807) is 0 Å². The van der Waals surface area contributed by atoms with E-state index in [1.807, 2.05) is 0 Å². The number of alkyl halides is 3. The molecular weight excluding hydrogens is 257 g/mol. The summed E-state index contributed by atoms with van der Waals surface area (Å²) in [6, 6.07) is 4.24. The van der Waals surface area contributed by atoms with Gasteiger partial charge in [0.2, 0.25) is 0 Å². The Morgan fingerprint density at radius 2 is 2.11 bits per heavy atom. The van der Waals surface area contributed by atoms with Gasteiger partial charge in [0, 0.05) is 18.2 Å². The lowest BCUT2D eigenvalue weighted by Crippen LogP contribution is -2.41. The molecule has 1 atom stereocenters. The number of benzene rings is 1. The fraction of sp³-hybridized carbons (Fsp3) is 0.462. The zero-order chi connectivity index (χ0) is 14.0. The van der Waals surface area contributed by atoms with E-state index in [2.05, 4.69) is 5.32 Å². The molecule has 0 spiro atoms. The van der Waals surface area contributed by atoms with Crippen molar-refractivity contribution >= 4 is 5.91 Å². The van der Waals surface area contributed by atoms with Crippen LogP contribution in [0.5, 0.6) is 0 Å². The van der Waals surface area contributed by atoms with Gasteiger partial charge in [0.05, 0.1) is 5.56 Å². The summed E-state index contributed by atoms with van der Waals surface area (Å²) in [5, 5.41) is 2.69. The second-order valence-corrected chi connectivity index (χ2v) is 4.73. The normalized spacial score (nSPS) is 17.1. The van der Waals surface area contributed by atoms with E-state index in [9.17, 15) is 18.0 Å². The zero-order valence-corrected chi connectivity index (χ0v) is 10.2. The van der Waals surface area contributed by atoms with E-state index in [0.717, 1.165) is 25.0 Å². The maximum atomic E-state index is 12.5. The molecule has 2 rings (SSSR count). The Hall–Kier alpha value is -1.56. The highest BCUT2D eigenvalue weighted by Crippen LogP contribution is 2.32. The predicted octanol–water partition coefficient (Wildman–Crippen LogP) is 2.17. The molecule has 0 bridgehead atoms. The van der Waals surface area contributed by atoms with Crippen LogP contribution >= 0.6 is 0 Å². The molecule has 0 heterocycles. The minimum Gasteiger partial charge on any atom is -0.348 e. The highest BCUT2D eigenvalue weighted by molar-refractivity contribution is 5.94. The summed E-state index contributed by atoms with van der Waals surface area (Å²) >= 11 is 0. The zero-order valence-electron chi connectivity index (χ0n) is 10.2. The van der Waals surface area contributed by atoms with Crippen molar-refractivity contribution in [3.8, 4) is 0 Å². The van der Waals surface area contributed by atoms with Crippen LogP contribution in [0.2, 0.25) is 0 Å². The highest BCUT2D eigenvalue weighted by Gasteiger charge is 2.33. The van der Waals surface area contributed by atoms with E-state index in [1.165, 1.54) is 12.1 Å². The number of carbonyl (C=O) groups excluding carboxylic acids is 1. The molecule has 0 radical (unpaired) electrons. The van der Waals surface area contributed by atoms with Crippen LogP contribution in [0.25, 0.3) is 0 Å². The van der Waals surface area contributed by atoms with Gasteiger partial charge in [-0.1, -0.05) is 6.07 Å². The van der Waals surface area contributed by atoms with E-state index in [-0.39, 0.29) is 11.6 Å². The van der Waals surface area contributed by atoms with Gasteiger partial charge < -0.3 is 11.1 Å². The van der Waals surface area contributed by atoms with Crippen molar-refractivity contribution in [2.75, 3.05) is 6.54 Å². The van der Waals surface area contributed by atoms with Crippen LogP contribution in [0, 0.1) is 5.92 Å². The minimum absolute atomic E-state index is 0.00826. The summed E-state index contributed by atoms with van der Waals surface area (Å²) in [6.07, 6.45) is -2.43. The SMILES string of the molecule is NCC(NC(=O)c1cccc(C(F)(F)F)c1)C1CC1. The molecule has 1 fully saturated rings. The number of nitrogens with two attached hydrogens (primary N) is 1. The van der Waals surface area contributed by atoms with Crippen LogP contribution in [-0.4, -0.2) is 18.5 Å². The topological polar surface area (TPSA) is 55.1 Å². The van der Waals surface area contributed by atoms with Gasteiger partial charge in [0.25, 0.3) is 5.91 Å². The smallest absolute Gasteiger partial charge is 0.348 e. The lowest BCUT2D eigenvalue weighted by Gasteiger charge is -2.16. The van der Waals surface area contributed by atoms with Crippen LogP contribution in [0.3, 0.4) is 0 Å². The molecular formula is C13H15F3N2O. The predicted molar refractivity (Wildman–Crippen MR) is 64.5 cm³/mol. The molecule has 104 valence electrons. The number of hydrogen-bond acceptors (Lipinski definition) is 2. The van der Waals surface area contributed by atoms with Crippen molar-refractivity contribution in [3.05, 3.63) is 35.4 Å². The third-order valence-corrected chi connectivity index (χ3v) is 3.21. The Bertz CT molecular complexity index is 469. The van der Waals surface area contributed by atoms with Crippen LogP contribution < -0.4 is 11.1 Å². The first-order chi connectivity index (χ1) is 8.91. The number of rotatable bonds is 4. The number of halogens is 3. The average Bonchev–Trinajstić information content (AvgIpc) is 3.19. The minimum atomic E-state index is -4.44. The van der Waals surface area contributed by atoms with Crippen molar-refractivity contribution in [1.82, 2.24) is 5.32 Å². The number of hydrogen-bond donors (Lipinski definition) is 2. The Morgan fingerprint density at radius 3 is 2.63 bits per heavy atom. The van der Waals surface area contributed by atoms with Gasteiger partial charge in [-0.2, -0.15) is 13.2 Å². The molecule has 1 unspecified atom stereocenters. The number of amides is 1. The van der Waals surface area contributed by atoms with Crippen LogP contribution in [-0.2, 0) is 6.18 Å². The Balaban J connectivity index is 2.10. The van der Waals surface area contributed by atoms with Gasteiger partial charge in [0.1, 0.15) is 0 Å². The van der Waals surface area contributed by atoms with Gasteiger partial charge in [-0.3, -0.25) is 4.79 Å². The molecule has 1 aliphatic rings. The third kappa shape index (κ3) is 3.47. The fourth-order valence-corrected chi connectivity index (χ4v) is 1.96. The molecule has 1 aromatic carbocycles. The maximum Gasteiger partial charge on any atom is 0.416 e. The van der Waals surface area contributed by atoms with Crippen LogP contribution in [0.15, 0.2) is 24.3 Å². The molecule has 0 aliphatic heterocycles. The number of carbonyl (C=O) groups is 1. The molecule has 6 heteroatoms. The second kappa shape index (κ2) is 5.21. The summed E-state index contributed by atoms with van der Waals surface area (Å²) in [4.78, 5) is 11.9. The maximum absolute atomic E-state index is 12.5. The summed E-state index contributed by atoms with van der Waals surface area (Å²) in [6.45, 7) is 0.301. The van der Waals surface area contributed by atoms with E-state index in [0.29, 0.717) is 12.5 Å². The first-order valence-electron chi connectivity index (χ1n) is 6.10. The quantitative estimate of drug-likeness (QED) is 0.882. The Kier molecular flexibility index (Phi) is 3.80. The monoisotopic (exact) mass is 272 g/mol. The third-order valence-electron chi connectivity index (χ3n) is 3.21. The van der Waals surface area contributed by atoms with Crippen LogP contribution in [0.4, 0.5) is 13.2 Å². The van der Waals surface area contributed by atoms with E-state index < -0.39 is 17.6 Å².